The van der Waals surface area contributed by atoms with Crippen LogP contribution in [0.25, 0.3) is 0 Å². The number of methoxy groups -OCH3 is 1. The second-order valence-corrected chi connectivity index (χ2v) is 5.61. The number of benzene rings is 1. The number of thiophene rings is 1. The molecule has 1 aromatic carbocycles. The summed E-state index contributed by atoms with van der Waals surface area (Å²) in [5, 5.41) is 2.79. The number of nitrogens with two attached hydrogens (primary N) is 1. The van der Waals surface area contributed by atoms with E-state index in [0.717, 1.165) is 32.3 Å². The lowest BCUT2D eigenvalue weighted by atomic mass is 10.0. The lowest BCUT2D eigenvalue weighted by molar-refractivity contribution is 0.408. The molecule has 0 aliphatic heterocycles. The van der Waals surface area contributed by atoms with Crippen molar-refractivity contribution in [2.75, 3.05) is 7.11 Å². The van der Waals surface area contributed by atoms with Crippen LogP contribution in [0.3, 0.4) is 0 Å². The Kier molecular flexibility index (Phi) is 3.95. The lowest BCUT2D eigenvalue weighted by Gasteiger charge is -2.16. The van der Waals surface area contributed by atoms with E-state index in [0.29, 0.717) is 0 Å². The van der Waals surface area contributed by atoms with Crippen LogP contribution in [-0.4, -0.2) is 7.11 Å². The normalized spacial score (nSPS) is 12.5. The molecule has 1 aromatic heterocycles. The Labute approximate surface area is 116 Å². The molecule has 1 heterocycles. The Morgan fingerprint density at radius 3 is 2.61 bits per heavy atom. The number of rotatable bonds is 3. The van der Waals surface area contributed by atoms with Crippen molar-refractivity contribution in [3.8, 4) is 5.75 Å². The molecule has 96 valence electrons. The van der Waals surface area contributed by atoms with Crippen LogP contribution in [0, 0.1) is 13.8 Å². The highest BCUT2D eigenvalue weighted by atomic mass is 35.5. The molecule has 2 nitrogen and oxygen atoms in total. The van der Waals surface area contributed by atoms with Gasteiger partial charge in [-0.3, -0.25) is 0 Å². The number of hydrogen-bond acceptors (Lipinski definition) is 3. The van der Waals surface area contributed by atoms with Crippen LogP contribution in [0.15, 0.2) is 23.6 Å². The van der Waals surface area contributed by atoms with Crippen molar-refractivity contribution in [2.45, 2.75) is 19.9 Å². The van der Waals surface area contributed by atoms with Crippen molar-refractivity contribution in [3.05, 3.63) is 50.2 Å². The maximum absolute atomic E-state index is 6.32. The highest BCUT2D eigenvalue weighted by molar-refractivity contribution is 7.10. The maximum atomic E-state index is 6.32. The maximum Gasteiger partial charge on any atom is 0.124 e. The number of hydrogen-bond donors (Lipinski definition) is 1. The molecule has 4 heteroatoms. The van der Waals surface area contributed by atoms with E-state index < -0.39 is 0 Å². The fourth-order valence-corrected chi connectivity index (χ4v) is 3.23. The van der Waals surface area contributed by atoms with Gasteiger partial charge in [-0.2, -0.15) is 0 Å². The van der Waals surface area contributed by atoms with E-state index in [-0.39, 0.29) is 6.04 Å². The van der Waals surface area contributed by atoms with E-state index in [1.807, 2.05) is 31.4 Å². The molecule has 0 aliphatic rings. The van der Waals surface area contributed by atoms with Gasteiger partial charge in [0.2, 0.25) is 0 Å². The zero-order valence-corrected chi connectivity index (χ0v) is 12.2. The second-order valence-electron chi connectivity index (χ2n) is 4.32. The third kappa shape index (κ3) is 2.39. The van der Waals surface area contributed by atoms with Crippen molar-refractivity contribution in [1.82, 2.24) is 0 Å². The minimum Gasteiger partial charge on any atom is -0.496 e. The Hall–Kier alpha value is -1.03. The molecular weight excluding hydrogens is 266 g/mol. The van der Waals surface area contributed by atoms with Crippen molar-refractivity contribution in [2.24, 2.45) is 5.73 Å². The molecule has 2 aromatic rings. The SMILES string of the molecule is COc1ccc(C)cc1C(N)c1scc(C)c1Cl. The summed E-state index contributed by atoms with van der Waals surface area (Å²) in [6.45, 7) is 4.03. The zero-order chi connectivity index (χ0) is 13.3. The molecular formula is C14H16ClNOS. The first-order valence-corrected chi connectivity index (χ1v) is 6.94. The Bertz CT molecular complexity index is 565. The quantitative estimate of drug-likeness (QED) is 0.920. The summed E-state index contributed by atoms with van der Waals surface area (Å²) in [4.78, 5) is 0.984. The molecule has 0 fully saturated rings. The highest BCUT2D eigenvalue weighted by Crippen LogP contribution is 2.37. The number of aryl methyl sites for hydroxylation is 2. The van der Waals surface area contributed by atoms with Crippen molar-refractivity contribution in [1.29, 1.82) is 0 Å². The summed E-state index contributed by atoms with van der Waals surface area (Å²) in [6, 6.07) is 5.76. The van der Waals surface area contributed by atoms with Crippen LogP contribution >= 0.6 is 22.9 Å². The Morgan fingerprint density at radius 1 is 1.33 bits per heavy atom. The van der Waals surface area contributed by atoms with Gasteiger partial charge in [0.1, 0.15) is 5.75 Å². The predicted molar refractivity (Wildman–Crippen MR) is 77.8 cm³/mol. The topological polar surface area (TPSA) is 35.2 Å². The van der Waals surface area contributed by atoms with E-state index in [2.05, 4.69) is 6.07 Å². The monoisotopic (exact) mass is 281 g/mol. The van der Waals surface area contributed by atoms with Crippen LogP contribution in [0.5, 0.6) is 5.75 Å². The molecule has 0 spiro atoms. The summed E-state index contributed by atoms with van der Waals surface area (Å²) in [5.41, 5.74) is 9.52. The molecule has 0 amide bonds. The predicted octanol–water partition coefficient (Wildman–Crippen LogP) is 4.08. The van der Waals surface area contributed by atoms with Gasteiger partial charge in [0, 0.05) is 10.4 Å². The summed E-state index contributed by atoms with van der Waals surface area (Å²) in [6.07, 6.45) is 0. The van der Waals surface area contributed by atoms with Crippen LogP contribution in [0.1, 0.15) is 27.6 Å². The standard InChI is InChI=1S/C14H16ClNOS/c1-8-4-5-11(17-3)10(6-8)13(16)14-12(15)9(2)7-18-14/h4-7,13H,16H2,1-3H3. The first-order valence-electron chi connectivity index (χ1n) is 5.68. The van der Waals surface area contributed by atoms with Crippen LogP contribution in [0.2, 0.25) is 5.02 Å². The average molecular weight is 282 g/mol. The highest BCUT2D eigenvalue weighted by Gasteiger charge is 2.19. The minimum atomic E-state index is -0.244. The van der Waals surface area contributed by atoms with Crippen molar-refractivity contribution in [3.63, 3.8) is 0 Å². The summed E-state index contributed by atoms with van der Waals surface area (Å²) < 4.78 is 5.37. The molecule has 0 saturated heterocycles. The number of ether oxygens (including phenoxy) is 1. The first kappa shape index (κ1) is 13.4. The molecule has 18 heavy (non-hydrogen) atoms. The fourth-order valence-electron chi connectivity index (χ4n) is 1.90. The first-order chi connectivity index (χ1) is 8.54. The van der Waals surface area contributed by atoms with Crippen LogP contribution < -0.4 is 10.5 Å². The molecule has 2 rings (SSSR count). The van der Waals surface area contributed by atoms with E-state index in [1.54, 1.807) is 18.4 Å². The third-order valence-corrected chi connectivity index (χ3v) is 4.73. The van der Waals surface area contributed by atoms with Gasteiger partial charge in [0.05, 0.1) is 18.2 Å². The third-order valence-electron chi connectivity index (χ3n) is 2.93. The van der Waals surface area contributed by atoms with E-state index in [9.17, 15) is 0 Å². The van der Waals surface area contributed by atoms with E-state index in [1.165, 1.54) is 0 Å². The molecule has 0 aliphatic carbocycles. The van der Waals surface area contributed by atoms with Gasteiger partial charge in [0.25, 0.3) is 0 Å². The van der Waals surface area contributed by atoms with Gasteiger partial charge in [-0.1, -0.05) is 29.3 Å². The van der Waals surface area contributed by atoms with Gasteiger partial charge in [-0.05, 0) is 30.9 Å². The zero-order valence-electron chi connectivity index (χ0n) is 10.7. The lowest BCUT2D eigenvalue weighted by Crippen LogP contribution is -2.12. The number of halogens is 1. The molecule has 0 radical (unpaired) electrons. The molecule has 2 N–H and O–H groups in total. The van der Waals surface area contributed by atoms with Crippen molar-refractivity contribution >= 4 is 22.9 Å². The average Bonchev–Trinajstić information content (AvgIpc) is 2.69. The second kappa shape index (κ2) is 5.31. The Morgan fingerprint density at radius 2 is 2.06 bits per heavy atom. The molecule has 1 unspecified atom stereocenters. The van der Waals surface area contributed by atoms with Gasteiger partial charge in [-0.15, -0.1) is 11.3 Å². The fraction of sp³-hybridized carbons (Fsp3) is 0.286. The summed E-state index contributed by atoms with van der Waals surface area (Å²) in [5.74, 6) is 0.801. The van der Waals surface area contributed by atoms with E-state index >= 15 is 0 Å². The Balaban J connectivity index is 2.48. The van der Waals surface area contributed by atoms with Gasteiger partial charge < -0.3 is 10.5 Å². The van der Waals surface area contributed by atoms with Crippen molar-refractivity contribution < 1.29 is 4.74 Å². The molecule has 0 bridgehead atoms. The largest absolute Gasteiger partial charge is 0.496 e. The molecule has 0 saturated carbocycles. The van der Waals surface area contributed by atoms with Gasteiger partial charge in [0.15, 0.2) is 0 Å². The summed E-state index contributed by atoms with van der Waals surface area (Å²) >= 11 is 7.87. The minimum absolute atomic E-state index is 0.244. The van der Waals surface area contributed by atoms with Gasteiger partial charge in [-0.25, -0.2) is 0 Å². The molecule has 1 atom stereocenters. The van der Waals surface area contributed by atoms with Crippen LogP contribution in [0.4, 0.5) is 0 Å². The van der Waals surface area contributed by atoms with Crippen LogP contribution in [-0.2, 0) is 0 Å². The van der Waals surface area contributed by atoms with Gasteiger partial charge >= 0.3 is 0 Å². The smallest absolute Gasteiger partial charge is 0.124 e. The summed E-state index contributed by atoms with van der Waals surface area (Å²) in [7, 11) is 1.65. The van der Waals surface area contributed by atoms with E-state index in [4.69, 9.17) is 22.1 Å².